The number of Topliss-reactive ketones (excluding diaryl/α,β-unsaturated/α-hetero) is 2. The molecule has 0 aliphatic heterocycles. The van der Waals surface area contributed by atoms with E-state index in [1.165, 1.54) is 6.07 Å². The van der Waals surface area contributed by atoms with Crippen molar-refractivity contribution in [1.29, 1.82) is 0 Å². The summed E-state index contributed by atoms with van der Waals surface area (Å²) in [6.07, 6.45) is 8.28. The second-order valence-corrected chi connectivity index (χ2v) is 10.1. The highest BCUT2D eigenvalue weighted by Crippen LogP contribution is 2.56. The van der Waals surface area contributed by atoms with E-state index in [1.807, 2.05) is 39.8 Å². The number of benzene rings is 1. The average molecular weight is 427 g/mol. The topological polar surface area (TPSA) is 74.6 Å². The smallest absolute Gasteiger partial charge is 0.143 e. The zero-order chi connectivity index (χ0) is 23.4. The van der Waals surface area contributed by atoms with E-state index in [-0.39, 0.29) is 28.5 Å². The molecular formula is C27H38O4. The van der Waals surface area contributed by atoms with Crippen molar-refractivity contribution in [3.05, 3.63) is 46.6 Å². The Kier molecular flexibility index (Phi) is 7.91. The Hall–Kier alpha value is -2.36. The normalized spacial score (nSPS) is 23.6. The molecule has 0 heterocycles. The molecule has 0 amide bonds. The number of hydrogen-bond acceptors (Lipinski definition) is 4. The molecule has 0 bridgehead atoms. The first-order chi connectivity index (χ1) is 14.4. The van der Waals surface area contributed by atoms with Crippen molar-refractivity contribution in [2.24, 2.45) is 10.8 Å². The molecular weight excluding hydrogens is 388 g/mol. The molecule has 1 saturated carbocycles. The molecule has 4 nitrogen and oxygen atoms in total. The number of aromatic hydroxyl groups is 2. The van der Waals surface area contributed by atoms with Crippen LogP contribution in [0, 0.1) is 17.8 Å². The Bertz CT molecular complexity index is 904. The first-order valence-electron chi connectivity index (χ1n) is 11.2. The lowest BCUT2D eigenvalue weighted by atomic mass is 9.62. The Labute approximate surface area is 187 Å². The molecule has 1 aromatic rings. The van der Waals surface area contributed by atoms with Crippen molar-refractivity contribution in [2.75, 3.05) is 0 Å². The predicted molar refractivity (Wildman–Crippen MR) is 125 cm³/mol. The summed E-state index contributed by atoms with van der Waals surface area (Å²) >= 11 is 0. The minimum absolute atomic E-state index is 0.124. The quantitative estimate of drug-likeness (QED) is 0.355. The van der Waals surface area contributed by atoms with Gasteiger partial charge in [0.25, 0.3) is 0 Å². The highest BCUT2D eigenvalue weighted by Gasteiger charge is 2.52. The summed E-state index contributed by atoms with van der Waals surface area (Å²) in [6.45, 7) is 11.8. The maximum atomic E-state index is 13.0. The van der Waals surface area contributed by atoms with Crippen molar-refractivity contribution < 1.29 is 19.8 Å². The van der Waals surface area contributed by atoms with Crippen molar-refractivity contribution in [3.63, 3.8) is 0 Å². The van der Waals surface area contributed by atoms with E-state index in [9.17, 15) is 19.8 Å². The summed E-state index contributed by atoms with van der Waals surface area (Å²) in [7, 11) is 0. The lowest BCUT2D eigenvalue weighted by Gasteiger charge is -2.39. The van der Waals surface area contributed by atoms with Crippen LogP contribution in [0.2, 0.25) is 0 Å². The molecule has 0 spiro atoms. The number of hydrogen-bond donors (Lipinski definition) is 2. The number of ketones is 2. The van der Waals surface area contributed by atoms with Gasteiger partial charge in [0, 0.05) is 30.2 Å². The molecule has 4 heteroatoms. The van der Waals surface area contributed by atoms with Gasteiger partial charge in [-0.1, -0.05) is 43.6 Å². The van der Waals surface area contributed by atoms with Crippen LogP contribution in [0.5, 0.6) is 11.5 Å². The van der Waals surface area contributed by atoms with Crippen LogP contribution >= 0.6 is 0 Å². The van der Waals surface area contributed by atoms with Crippen LogP contribution in [0.25, 0.3) is 0 Å². The summed E-state index contributed by atoms with van der Waals surface area (Å²) in [6, 6.07) is 3.08. The third-order valence-electron chi connectivity index (χ3n) is 7.15. The number of phenolic OH excluding ortho intramolecular Hbond substituents is 2. The number of aryl methyl sites for hydroxylation is 1. The van der Waals surface area contributed by atoms with Crippen LogP contribution in [0.15, 0.2) is 35.4 Å². The van der Waals surface area contributed by atoms with Gasteiger partial charge in [-0.15, -0.1) is 0 Å². The van der Waals surface area contributed by atoms with E-state index < -0.39 is 5.41 Å². The van der Waals surface area contributed by atoms with Gasteiger partial charge in [0.05, 0.1) is 0 Å². The van der Waals surface area contributed by atoms with Crippen LogP contribution < -0.4 is 0 Å². The van der Waals surface area contributed by atoms with Gasteiger partial charge in [0.1, 0.15) is 23.1 Å². The van der Waals surface area contributed by atoms with Gasteiger partial charge in [-0.25, -0.2) is 0 Å². The highest BCUT2D eigenvalue weighted by atomic mass is 16.3. The fourth-order valence-corrected chi connectivity index (χ4v) is 4.84. The number of phenols is 2. The van der Waals surface area contributed by atoms with Gasteiger partial charge in [0.15, 0.2) is 0 Å². The first kappa shape index (κ1) is 24.9. The largest absolute Gasteiger partial charge is 0.508 e. The van der Waals surface area contributed by atoms with Gasteiger partial charge in [0.2, 0.25) is 0 Å². The Morgan fingerprint density at radius 1 is 1.06 bits per heavy atom. The molecule has 1 fully saturated rings. The fraction of sp³-hybridized carbons (Fsp3) is 0.556. The number of carbonyl (C=O) groups excluding carboxylic acids is 2. The fourth-order valence-electron chi connectivity index (χ4n) is 4.84. The van der Waals surface area contributed by atoms with Crippen molar-refractivity contribution in [1.82, 2.24) is 0 Å². The zero-order valence-corrected chi connectivity index (χ0v) is 20.0. The number of carbonyl (C=O) groups is 2. The molecule has 2 rings (SSSR count). The lowest BCUT2D eigenvalue weighted by Crippen LogP contribution is -2.41. The minimum Gasteiger partial charge on any atom is -0.508 e. The van der Waals surface area contributed by atoms with Gasteiger partial charge in [-0.05, 0) is 70.1 Å². The molecule has 2 N–H and O–H groups in total. The Balaban J connectivity index is 2.06. The van der Waals surface area contributed by atoms with E-state index >= 15 is 0 Å². The Morgan fingerprint density at radius 2 is 1.74 bits per heavy atom. The number of allylic oxidation sites excluding steroid dienone is 4. The van der Waals surface area contributed by atoms with E-state index in [2.05, 4.69) is 6.92 Å². The summed E-state index contributed by atoms with van der Waals surface area (Å²) < 4.78 is 0. The summed E-state index contributed by atoms with van der Waals surface area (Å²) in [5.74, 6) is 0.690. The molecule has 0 radical (unpaired) electrons. The third kappa shape index (κ3) is 5.87. The number of rotatable bonds is 9. The standard InChI is InChI=1S/C27H38O4/c1-18(2)8-11-24(30)27(6)13-7-12-26(27,5)17-23(29)14-19(3)9-10-21-16-22(28)15-20(4)25(21)31/h8-9,15-16,28,31H,7,10-14,17H2,1-6H3/b19-9+. The average Bonchev–Trinajstić information content (AvgIpc) is 2.96. The van der Waals surface area contributed by atoms with Crippen LogP contribution in [0.4, 0.5) is 0 Å². The van der Waals surface area contributed by atoms with Crippen molar-refractivity contribution >= 4 is 11.6 Å². The van der Waals surface area contributed by atoms with Crippen LogP contribution in [0.3, 0.4) is 0 Å². The van der Waals surface area contributed by atoms with E-state index in [0.29, 0.717) is 36.8 Å². The molecule has 2 unspecified atom stereocenters. The van der Waals surface area contributed by atoms with Gasteiger partial charge < -0.3 is 10.2 Å². The first-order valence-corrected chi connectivity index (χ1v) is 11.2. The highest BCUT2D eigenvalue weighted by molar-refractivity contribution is 5.89. The van der Waals surface area contributed by atoms with Crippen molar-refractivity contribution in [3.8, 4) is 11.5 Å². The molecule has 1 aromatic carbocycles. The van der Waals surface area contributed by atoms with Crippen molar-refractivity contribution in [2.45, 2.75) is 86.5 Å². The molecule has 31 heavy (non-hydrogen) atoms. The van der Waals surface area contributed by atoms with Gasteiger partial charge in [-0.2, -0.15) is 0 Å². The summed E-state index contributed by atoms with van der Waals surface area (Å²) in [5.41, 5.74) is 2.58. The lowest BCUT2D eigenvalue weighted by molar-refractivity contribution is -0.134. The SMILES string of the molecule is CC(C)=CCC(=O)C1(C)CCCC1(C)CC(=O)C/C(C)=C/Cc1cc(O)cc(C)c1O. The van der Waals surface area contributed by atoms with Gasteiger partial charge in [-0.3, -0.25) is 9.59 Å². The molecule has 1 aliphatic rings. The molecule has 1 aliphatic carbocycles. The molecule has 2 atom stereocenters. The van der Waals surface area contributed by atoms with Crippen LogP contribution in [0.1, 0.15) is 84.3 Å². The maximum absolute atomic E-state index is 13.0. The monoisotopic (exact) mass is 426 g/mol. The van der Waals surface area contributed by atoms with Gasteiger partial charge >= 0.3 is 0 Å². The zero-order valence-electron chi connectivity index (χ0n) is 20.0. The van der Waals surface area contributed by atoms with E-state index in [1.54, 1.807) is 13.0 Å². The Morgan fingerprint density at radius 3 is 2.39 bits per heavy atom. The van der Waals surface area contributed by atoms with E-state index in [4.69, 9.17) is 0 Å². The molecule has 0 aromatic heterocycles. The second kappa shape index (κ2) is 9.84. The summed E-state index contributed by atoms with van der Waals surface area (Å²) in [4.78, 5) is 25.9. The third-order valence-corrected chi connectivity index (χ3v) is 7.15. The maximum Gasteiger partial charge on any atom is 0.143 e. The predicted octanol–water partition coefficient (Wildman–Crippen LogP) is 6.37. The van der Waals surface area contributed by atoms with E-state index in [0.717, 1.165) is 30.4 Å². The second-order valence-electron chi connectivity index (χ2n) is 10.1. The molecule has 170 valence electrons. The molecule has 0 saturated heterocycles. The van der Waals surface area contributed by atoms with Crippen LogP contribution in [-0.4, -0.2) is 21.8 Å². The van der Waals surface area contributed by atoms with Crippen LogP contribution in [-0.2, 0) is 16.0 Å². The minimum atomic E-state index is -0.461. The summed E-state index contributed by atoms with van der Waals surface area (Å²) in [5, 5.41) is 19.9.